The second kappa shape index (κ2) is 5.76. The van der Waals surface area contributed by atoms with Gasteiger partial charge in [-0.1, -0.05) is 11.2 Å². The van der Waals surface area contributed by atoms with Crippen LogP contribution in [0.1, 0.15) is 0 Å². The number of carbonyl (C=O) groups excluding carboxylic acids is 1. The number of nitrogens with zero attached hydrogens (tertiary/aromatic N) is 3. The minimum atomic E-state index is -0.778. The van der Waals surface area contributed by atoms with Crippen LogP contribution in [0.25, 0.3) is 5.65 Å². The summed E-state index contributed by atoms with van der Waals surface area (Å²) in [6.07, 6.45) is 1.69. The molecule has 3 rings (SSSR count). The zero-order valence-corrected chi connectivity index (χ0v) is 11.2. The molecule has 0 aliphatic carbocycles. The van der Waals surface area contributed by atoms with E-state index in [1.54, 1.807) is 28.8 Å². The van der Waals surface area contributed by atoms with Gasteiger partial charge >= 0.3 is 6.01 Å². The molecule has 8 heteroatoms. The van der Waals surface area contributed by atoms with Crippen molar-refractivity contribution in [2.45, 2.75) is 0 Å². The Hall–Kier alpha value is -3.03. The Balaban J connectivity index is 1.65. The summed E-state index contributed by atoms with van der Waals surface area (Å²) in [7, 11) is 0. The minimum Gasteiger partial charge on any atom is -0.453 e. The van der Waals surface area contributed by atoms with Crippen molar-refractivity contribution in [2.75, 3.05) is 11.9 Å². The van der Waals surface area contributed by atoms with E-state index in [1.165, 1.54) is 0 Å². The first kappa shape index (κ1) is 13.9. The van der Waals surface area contributed by atoms with Crippen LogP contribution in [-0.2, 0) is 4.79 Å². The molecule has 3 aromatic rings. The molecule has 2 aromatic heterocycles. The molecular formula is C14H10F2N4O2. The summed E-state index contributed by atoms with van der Waals surface area (Å²) < 4.78 is 32.8. The number of nitrogens with one attached hydrogen (secondary N) is 1. The van der Waals surface area contributed by atoms with Gasteiger partial charge < -0.3 is 10.1 Å². The van der Waals surface area contributed by atoms with Crippen LogP contribution in [0.4, 0.5) is 14.5 Å². The molecule has 1 amide bonds. The fourth-order valence-electron chi connectivity index (χ4n) is 1.87. The SMILES string of the molecule is O=C(COc1nnc2ccccn12)Nc1cc(F)cc(F)c1. The number of aromatic nitrogens is 3. The molecule has 6 nitrogen and oxygen atoms in total. The molecule has 0 atom stereocenters. The molecule has 1 aromatic carbocycles. The number of hydrogen-bond acceptors (Lipinski definition) is 4. The number of carbonyl (C=O) groups is 1. The Bertz CT molecular complexity index is 814. The third-order valence-electron chi connectivity index (χ3n) is 2.76. The van der Waals surface area contributed by atoms with Gasteiger partial charge in [0.2, 0.25) is 0 Å². The van der Waals surface area contributed by atoms with Gasteiger partial charge in [0.1, 0.15) is 11.6 Å². The largest absolute Gasteiger partial charge is 0.453 e. The molecule has 2 heterocycles. The van der Waals surface area contributed by atoms with Crippen molar-refractivity contribution in [1.82, 2.24) is 14.6 Å². The molecule has 0 aliphatic heterocycles. The van der Waals surface area contributed by atoms with E-state index in [0.29, 0.717) is 11.7 Å². The molecule has 112 valence electrons. The van der Waals surface area contributed by atoms with E-state index in [1.807, 2.05) is 0 Å². The van der Waals surface area contributed by atoms with E-state index in [9.17, 15) is 13.6 Å². The van der Waals surface area contributed by atoms with Gasteiger partial charge in [-0.15, -0.1) is 5.10 Å². The van der Waals surface area contributed by atoms with Crippen molar-refractivity contribution >= 4 is 17.2 Å². The molecular weight excluding hydrogens is 294 g/mol. The summed E-state index contributed by atoms with van der Waals surface area (Å²) in [6.45, 7) is -0.367. The number of rotatable bonds is 4. The van der Waals surface area contributed by atoms with E-state index in [4.69, 9.17) is 4.74 Å². The van der Waals surface area contributed by atoms with Crippen LogP contribution in [-0.4, -0.2) is 27.1 Å². The van der Waals surface area contributed by atoms with Gasteiger partial charge in [-0.2, -0.15) is 0 Å². The number of fused-ring (bicyclic) bond motifs is 1. The molecule has 0 radical (unpaired) electrons. The van der Waals surface area contributed by atoms with Gasteiger partial charge in [-0.05, 0) is 24.3 Å². The highest BCUT2D eigenvalue weighted by Gasteiger charge is 2.10. The van der Waals surface area contributed by atoms with Crippen LogP contribution in [0.2, 0.25) is 0 Å². The Morgan fingerprint density at radius 3 is 2.73 bits per heavy atom. The molecule has 0 saturated heterocycles. The van der Waals surface area contributed by atoms with Gasteiger partial charge in [0, 0.05) is 18.0 Å². The fraction of sp³-hybridized carbons (Fsp3) is 0.0714. The lowest BCUT2D eigenvalue weighted by Gasteiger charge is -2.06. The topological polar surface area (TPSA) is 68.5 Å². The highest BCUT2D eigenvalue weighted by atomic mass is 19.1. The first-order valence-corrected chi connectivity index (χ1v) is 6.30. The molecule has 0 bridgehead atoms. The minimum absolute atomic E-state index is 0.0113. The van der Waals surface area contributed by atoms with Gasteiger partial charge in [-0.3, -0.25) is 9.20 Å². The van der Waals surface area contributed by atoms with E-state index in [2.05, 4.69) is 15.5 Å². The van der Waals surface area contributed by atoms with E-state index >= 15 is 0 Å². The Labute approximate surface area is 123 Å². The lowest BCUT2D eigenvalue weighted by Crippen LogP contribution is -2.21. The molecule has 0 spiro atoms. The number of halogens is 2. The van der Waals surface area contributed by atoms with Crippen LogP contribution in [0.15, 0.2) is 42.6 Å². The first-order chi connectivity index (χ1) is 10.6. The lowest BCUT2D eigenvalue weighted by molar-refractivity contribution is -0.118. The second-order valence-corrected chi connectivity index (χ2v) is 4.41. The number of anilines is 1. The summed E-state index contributed by atoms with van der Waals surface area (Å²) in [4.78, 5) is 11.7. The van der Waals surface area contributed by atoms with Gasteiger partial charge in [0.15, 0.2) is 12.3 Å². The van der Waals surface area contributed by atoms with Crippen LogP contribution in [0, 0.1) is 11.6 Å². The first-order valence-electron chi connectivity index (χ1n) is 6.30. The zero-order chi connectivity index (χ0) is 15.5. The summed E-state index contributed by atoms with van der Waals surface area (Å²) in [5, 5.41) is 9.99. The summed E-state index contributed by atoms with van der Waals surface area (Å²) in [5.74, 6) is -2.13. The predicted octanol–water partition coefficient (Wildman–Crippen LogP) is 2.02. The van der Waals surface area contributed by atoms with Crippen molar-refractivity contribution in [1.29, 1.82) is 0 Å². The Morgan fingerprint density at radius 2 is 1.95 bits per heavy atom. The molecule has 1 N–H and O–H groups in total. The van der Waals surface area contributed by atoms with Gasteiger partial charge in [-0.25, -0.2) is 8.78 Å². The molecule has 22 heavy (non-hydrogen) atoms. The average molecular weight is 304 g/mol. The summed E-state index contributed by atoms with van der Waals surface area (Å²) in [6, 6.07) is 8.17. The van der Waals surface area contributed by atoms with Gasteiger partial charge in [0.25, 0.3) is 5.91 Å². The normalized spacial score (nSPS) is 10.6. The number of hydrogen-bond donors (Lipinski definition) is 1. The van der Waals surface area contributed by atoms with E-state index < -0.39 is 17.5 Å². The van der Waals surface area contributed by atoms with E-state index in [-0.39, 0.29) is 18.3 Å². The van der Waals surface area contributed by atoms with Crippen LogP contribution in [0.5, 0.6) is 6.01 Å². The third kappa shape index (κ3) is 3.00. The smallest absolute Gasteiger partial charge is 0.322 e. The van der Waals surface area contributed by atoms with Crippen molar-refractivity contribution in [2.24, 2.45) is 0 Å². The summed E-state index contributed by atoms with van der Waals surface area (Å²) in [5.41, 5.74) is 0.585. The highest BCUT2D eigenvalue weighted by Crippen LogP contribution is 2.13. The highest BCUT2D eigenvalue weighted by molar-refractivity contribution is 5.91. The average Bonchev–Trinajstić information content (AvgIpc) is 2.87. The van der Waals surface area contributed by atoms with Crippen molar-refractivity contribution in [3.8, 4) is 6.01 Å². The molecule has 0 aliphatic rings. The number of benzene rings is 1. The van der Waals surface area contributed by atoms with Crippen molar-refractivity contribution in [3.05, 3.63) is 54.2 Å². The summed E-state index contributed by atoms with van der Waals surface area (Å²) >= 11 is 0. The van der Waals surface area contributed by atoms with Crippen molar-refractivity contribution in [3.63, 3.8) is 0 Å². The standard InChI is InChI=1S/C14H10F2N4O2/c15-9-5-10(16)7-11(6-9)17-13(21)8-22-14-19-18-12-3-1-2-4-20(12)14/h1-7H,8H2,(H,17,21). The number of pyridine rings is 1. The molecule has 0 saturated carbocycles. The third-order valence-corrected chi connectivity index (χ3v) is 2.76. The maximum atomic E-state index is 13.0. The molecule has 0 unspecified atom stereocenters. The lowest BCUT2D eigenvalue weighted by atomic mass is 10.3. The predicted molar refractivity (Wildman–Crippen MR) is 73.5 cm³/mol. The van der Waals surface area contributed by atoms with Gasteiger partial charge in [0.05, 0.1) is 0 Å². The maximum Gasteiger partial charge on any atom is 0.322 e. The molecule has 0 fully saturated rings. The van der Waals surface area contributed by atoms with Crippen LogP contribution >= 0.6 is 0 Å². The monoisotopic (exact) mass is 304 g/mol. The van der Waals surface area contributed by atoms with Crippen molar-refractivity contribution < 1.29 is 18.3 Å². The fourth-order valence-corrected chi connectivity index (χ4v) is 1.87. The number of ether oxygens (including phenoxy) is 1. The maximum absolute atomic E-state index is 13.0. The second-order valence-electron chi connectivity index (χ2n) is 4.41. The number of amides is 1. The zero-order valence-electron chi connectivity index (χ0n) is 11.2. The van der Waals surface area contributed by atoms with Crippen LogP contribution in [0.3, 0.4) is 0 Å². The Morgan fingerprint density at radius 1 is 1.18 bits per heavy atom. The van der Waals surface area contributed by atoms with Crippen LogP contribution < -0.4 is 10.1 Å². The van der Waals surface area contributed by atoms with E-state index in [0.717, 1.165) is 12.1 Å². The quantitative estimate of drug-likeness (QED) is 0.800. The Kier molecular flexibility index (Phi) is 3.65.